The van der Waals surface area contributed by atoms with Gasteiger partial charge in [0.15, 0.2) is 5.82 Å². The quantitative estimate of drug-likeness (QED) is 0.405. The van der Waals surface area contributed by atoms with Crippen LogP contribution >= 0.6 is 0 Å². The highest BCUT2D eigenvalue weighted by Gasteiger charge is 2.09. The van der Waals surface area contributed by atoms with Crippen LogP contribution in [-0.2, 0) is 6.42 Å². The minimum absolute atomic E-state index is 0.357. The van der Waals surface area contributed by atoms with Crippen molar-refractivity contribution in [3.05, 3.63) is 72.2 Å². The number of aryl methyl sites for hydroxylation is 2. The molecule has 2 amide bonds. The lowest BCUT2D eigenvalue weighted by Crippen LogP contribution is -2.19. The fraction of sp³-hybridized carbons (Fsp3) is 0.208. The van der Waals surface area contributed by atoms with Crippen LogP contribution in [0.2, 0.25) is 0 Å². The van der Waals surface area contributed by atoms with Crippen LogP contribution in [0.3, 0.4) is 0 Å². The van der Waals surface area contributed by atoms with E-state index in [4.69, 9.17) is 4.52 Å². The molecule has 6 nitrogen and oxygen atoms in total. The zero-order chi connectivity index (χ0) is 20.9. The van der Waals surface area contributed by atoms with Gasteiger partial charge in [-0.15, -0.1) is 0 Å². The molecule has 2 aromatic heterocycles. The van der Waals surface area contributed by atoms with Gasteiger partial charge in [-0.1, -0.05) is 48.8 Å². The topological polar surface area (TPSA) is 80.0 Å². The number of hydrogen-bond acceptors (Lipinski definition) is 4. The third kappa shape index (κ3) is 4.33. The zero-order valence-electron chi connectivity index (χ0n) is 17.1. The predicted molar refractivity (Wildman–Crippen MR) is 120 cm³/mol. The van der Waals surface area contributed by atoms with Gasteiger partial charge in [0.2, 0.25) is 0 Å². The molecule has 0 aliphatic carbocycles. The van der Waals surface area contributed by atoms with E-state index in [1.54, 1.807) is 6.07 Å². The highest BCUT2D eigenvalue weighted by Crippen LogP contribution is 2.30. The number of nitrogens with one attached hydrogen (secondary N) is 2. The number of carbonyl (C=O) groups excluding carboxylic acids is 1. The number of aromatic nitrogens is 2. The maximum absolute atomic E-state index is 12.3. The first-order valence-corrected chi connectivity index (χ1v) is 10.1. The first kappa shape index (κ1) is 19.6. The molecule has 2 aromatic carbocycles. The number of fused-ring (bicyclic) bond motifs is 1. The average molecular weight is 400 g/mol. The molecule has 0 aliphatic heterocycles. The Morgan fingerprint density at radius 3 is 2.67 bits per heavy atom. The van der Waals surface area contributed by atoms with Crippen LogP contribution < -0.4 is 10.6 Å². The smallest absolute Gasteiger partial charge is 0.324 e. The molecular formula is C24H24N4O2. The van der Waals surface area contributed by atoms with E-state index in [9.17, 15) is 4.79 Å². The van der Waals surface area contributed by atoms with Crippen molar-refractivity contribution in [2.24, 2.45) is 0 Å². The molecule has 0 radical (unpaired) electrons. The number of anilines is 2. The second-order valence-corrected chi connectivity index (χ2v) is 7.24. The second-order valence-electron chi connectivity index (χ2n) is 7.24. The molecule has 4 rings (SSSR count). The molecule has 0 unspecified atom stereocenters. The highest BCUT2D eigenvalue weighted by atomic mass is 16.5. The summed E-state index contributed by atoms with van der Waals surface area (Å²) in [5, 5.41) is 11.7. The van der Waals surface area contributed by atoms with Gasteiger partial charge in [-0.2, -0.15) is 0 Å². The van der Waals surface area contributed by atoms with Crippen LogP contribution in [0.15, 0.2) is 65.3 Å². The molecule has 0 saturated carbocycles. The Balaban J connectivity index is 1.45. The van der Waals surface area contributed by atoms with E-state index in [-0.39, 0.29) is 6.03 Å². The maximum atomic E-state index is 12.3. The first-order valence-electron chi connectivity index (χ1n) is 10.1. The van der Waals surface area contributed by atoms with Crippen molar-refractivity contribution < 1.29 is 9.32 Å². The lowest BCUT2D eigenvalue weighted by molar-refractivity contribution is 0.262. The van der Waals surface area contributed by atoms with Crippen LogP contribution in [0.25, 0.3) is 21.9 Å². The summed E-state index contributed by atoms with van der Waals surface area (Å²) in [6, 6.07) is 17.4. The number of hydrogen-bond donors (Lipinski definition) is 2. The molecule has 0 bridgehead atoms. The van der Waals surface area contributed by atoms with Crippen molar-refractivity contribution >= 4 is 28.3 Å². The number of rotatable bonds is 6. The van der Waals surface area contributed by atoms with Crippen molar-refractivity contribution in [1.82, 2.24) is 10.1 Å². The van der Waals surface area contributed by atoms with E-state index in [0.29, 0.717) is 11.5 Å². The minimum atomic E-state index is -0.357. The van der Waals surface area contributed by atoms with Crippen molar-refractivity contribution in [3.63, 3.8) is 0 Å². The summed E-state index contributed by atoms with van der Waals surface area (Å²) in [5.41, 5.74) is 3.92. The van der Waals surface area contributed by atoms with Gasteiger partial charge in [0.25, 0.3) is 0 Å². The number of nitrogens with zero attached hydrogens (tertiary/aromatic N) is 2. The van der Waals surface area contributed by atoms with Crippen molar-refractivity contribution in [2.45, 2.75) is 33.1 Å². The van der Waals surface area contributed by atoms with E-state index < -0.39 is 0 Å². The molecule has 4 aromatic rings. The van der Waals surface area contributed by atoms with Crippen LogP contribution in [0.5, 0.6) is 0 Å². The number of unbranched alkanes of at least 4 members (excludes halogenated alkanes) is 1. The molecule has 0 aliphatic rings. The second kappa shape index (κ2) is 8.78. The summed E-state index contributed by atoms with van der Waals surface area (Å²) in [7, 11) is 0. The zero-order valence-corrected chi connectivity index (χ0v) is 17.1. The van der Waals surface area contributed by atoms with Gasteiger partial charge in [-0.25, -0.2) is 4.79 Å². The summed E-state index contributed by atoms with van der Waals surface area (Å²) in [4.78, 5) is 16.6. The Labute approximate surface area is 175 Å². The Kier molecular flexibility index (Phi) is 5.75. The van der Waals surface area contributed by atoms with Crippen molar-refractivity contribution in [3.8, 4) is 11.1 Å². The fourth-order valence-corrected chi connectivity index (χ4v) is 3.46. The molecule has 0 spiro atoms. The summed E-state index contributed by atoms with van der Waals surface area (Å²) >= 11 is 0. The van der Waals surface area contributed by atoms with Gasteiger partial charge >= 0.3 is 6.03 Å². The van der Waals surface area contributed by atoms with E-state index in [2.05, 4.69) is 39.8 Å². The summed E-state index contributed by atoms with van der Waals surface area (Å²) in [6.45, 7) is 4.13. The van der Waals surface area contributed by atoms with E-state index in [0.717, 1.165) is 52.6 Å². The summed E-state index contributed by atoms with van der Waals surface area (Å²) in [6.07, 6.45) is 4.76. The van der Waals surface area contributed by atoms with Crippen molar-refractivity contribution in [1.29, 1.82) is 0 Å². The van der Waals surface area contributed by atoms with Crippen molar-refractivity contribution in [2.75, 3.05) is 10.6 Å². The maximum Gasteiger partial charge on any atom is 0.324 e. The van der Waals surface area contributed by atoms with Gasteiger partial charge in [-0.3, -0.25) is 10.3 Å². The van der Waals surface area contributed by atoms with Gasteiger partial charge in [0.1, 0.15) is 5.76 Å². The van der Waals surface area contributed by atoms with Gasteiger partial charge in [0.05, 0.1) is 0 Å². The monoisotopic (exact) mass is 400 g/mol. The Morgan fingerprint density at radius 2 is 1.87 bits per heavy atom. The van der Waals surface area contributed by atoms with Crippen LogP contribution in [0.1, 0.15) is 31.2 Å². The van der Waals surface area contributed by atoms with Crippen LogP contribution in [0.4, 0.5) is 16.3 Å². The van der Waals surface area contributed by atoms with Crippen LogP contribution in [-0.4, -0.2) is 16.2 Å². The number of carbonyl (C=O) groups is 1. The molecular weight excluding hydrogens is 376 g/mol. The SMILES string of the molecule is CCCCc1cc(NC(=O)Nc2ccc(-c3cccc4c(C)nccc34)cc2)no1. The molecule has 0 atom stereocenters. The summed E-state index contributed by atoms with van der Waals surface area (Å²) in [5.74, 6) is 1.19. The highest BCUT2D eigenvalue weighted by molar-refractivity contribution is 6.00. The summed E-state index contributed by atoms with van der Waals surface area (Å²) < 4.78 is 5.23. The van der Waals surface area contributed by atoms with Crippen LogP contribution in [0, 0.1) is 6.92 Å². The predicted octanol–water partition coefficient (Wildman–Crippen LogP) is 6.18. The third-order valence-corrected chi connectivity index (χ3v) is 5.04. The standard InChI is InChI=1S/C24H24N4O2/c1-3-4-6-19-15-23(28-30-19)27-24(29)26-18-11-9-17(10-12-18)21-8-5-7-20-16(2)25-14-13-22(20)21/h5,7-15H,3-4,6H2,1-2H3,(H2,26,27,28,29). The minimum Gasteiger partial charge on any atom is -0.359 e. The lowest BCUT2D eigenvalue weighted by Gasteiger charge is -2.10. The molecule has 6 heteroatoms. The largest absolute Gasteiger partial charge is 0.359 e. The Morgan fingerprint density at radius 1 is 1.03 bits per heavy atom. The lowest BCUT2D eigenvalue weighted by atomic mass is 9.98. The molecule has 2 heterocycles. The Hall–Kier alpha value is -3.67. The van der Waals surface area contributed by atoms with E-state index in [1.165, 1.54) is 0 Å². The number of urea groups is 1. The van der Waals surface area contributed by atoms with Gasteiger partial charge in [0, 0.05) is 35.5 Å². The Bertz CT molecular complexity index is 1170. The normalized spacial score (nSPS) is 10.9. The molecule has 30 heavy (non-hydrogen) atoms. The molecule has 0 saturated heterocycles. The third-order valence-electron chi connectivity index (χ3n) is 5.04. The van der Waals surface area contributed by atoms with E-state index >= 15 is 0 Å². The molecule has 0 fully saturated rings. The number of pyridine rings is 1. The average Bonchev–Trinajstić information content (AvgIpc) is 3.20. The van der Waals surface area contributed by atoms with E-state index in [1.807, 2.05) is 49.5 Å². The van der Waals surface area contributed by atoms with Gasteiger partial charge < -0.3 is 9.84 Å². The number of amides is 2. The number of benzene rings is 2. The molecule has 2 N–H and O–H groups in total. The molecule has 152 valence electrons. The van der Waals surface area contributed by atoms with Gasteiger partial charge in [-0.05, 0) is 48.1 Å². The fourth-order valence-electron chi connectivity index (χ4n) is 3.46. The first-order chi connectivity index (χ1) is 14.6.